The second kappa shape index (κ2) is 9.09. The minimum absolute atomic E-state index is 0.0602. The van der Waals surface area contributed by atoms with Crippen molar-refractivity contribution in [2.24, 2.45) is 5.92 Å². The molecule has 1 aromatic carbocycles. The van der Waals surface area contributed by atoms with Gasteiger partial charge in [0.2, 0.25) is 17.8 Å². The molecule has 0 saturated carbocycles. The van der Waals surface area contributed by atoms with Gasteiger partial charge in [-0.3, -0.25) is 9.59 Å². The van der Waals surface area contributed by atoms with Crippen LogP contribution in [0.3, 0.4) is 0 Å². The molecule has 0 aliphatic carbocycles. The molecule has 2 N–H and O–H groups in total. The summed E-state index contributed by atoms with van der Waals surface area (Å²) in [7, 11) is 3.84. The van der Waals surface area contributed by atoms with Gasteiger partial charge in [-0.05, 0) is 31.2 Å². The number of benzene rings is 1. The van der Waals surface area contributed by atoms with Crippen LogP contribution < -0.4 is 20.4 Å². The lowest BCUT2D eigenvalue weighted by Crippen LogP contribution is -2.35. The second-order valence-electron chi connectivity index (χ2n) is 7.19. The summed E-state index contributed by atoms with van der Waals surface area (Å²) >= 11 is 5.90. The lowest BCUT2D eigenvalue weighted by Gasteiger charge is -2.17. The Morgan fingerprint density at radius 1 is 1.24 bits per heavy atom. The number of nitrogens with one attached hydrogen (secondary N) is 2. The highest BCUT2D eigenvalue weighted by atomic mass is 35.5. The molecule has 1 aliphatic heterocycles. The minimum atomic E-state index is -0.367. The summed E-state index contributed by atoms with van der Waals surface area (Å²) in [5.74, 6) is 0.781. The number of hydrogen-bond donors (Lipinski definition) is 2. The van der Waals surface area contributed by atoms with Crippen LogP contribution in [0.1, 0.15) is 12.1 Å². The van der Waals surface area contributed by atoms with E-state index in [1.165, 1.54) is 0 Å². The maximum atomic E-state index is 12.5. The van der Waals surface area contributed by atoms with Crippen molar-refractivity contribution in [3.05, 3.63) is 41.0 Å². The number of nitrogens with zero attached hydrogens (tertiary/aromatic N) is 4. The quantitative estimate of drug-likeness (QED) is 0.671. The van der Waals surface area contributed by atoms with Crippen LogP contribution in [-0.2, 0) is 9.59 Å². The first-order chi connectivity index (χ1) is 13.8. The predicted molar refractivity (Wildman–Crippen MR) is 115 cm³/mol. The summed E-state index contributed by atoms with van der Waals surface area (Å²) in [4.78, 5) is 37.0. The Bertz CT molecular complexity index is 887. The summed E-state index contributed by atoms with van der Waals surface area (Å²) < 4.78 is 0. The van der Waals surface area contributed by atoms with E-state index in [9.17, 15) is 9.59 Å². The fraction of sp³-hybridized carbons (Fsp3) is 0.400. The van der Waals surface area contributed by atoms with Crippen molar-refractivity contribution in [2.45, 2.75) is 13.3 Å². The zero-order chi connectivity index (χ0) is 21.0. The highest BCUT2D eigenvalue weighted by Crippen LogP contribution is 2.26. The topological polar surface area (TPSA) is 90.5 Å². The van der Waals surface area contributed by atoms with Crippen molar-refractivity contribution in [1.82, 2.24) is 15.3 Å². The van der Waals surface area contributed by atoms with Gasteiger partial charge >= 0.3 is 0 Å². The van der Waals surface area contributed by atoms with Crippen LogP contribution in [0.25, 0.3) is 0 Å². The Hall–Kier alpha value is -2.87. The molecule has 2 amide bonds. The highest BCUT2D eigenvalue weighted by molar-refractivity contribution is 6.30. The average molecular weight is 417 g/mol. The van der Waals surface area contributed by atoms with E-state index in [0.717, 1.165) is 17.2 Å². The summed E-state index contributed by atoms with van der Waals surface area (Å²) in [5, 5.41) is 6.61. The number of anilines is 3. The molecule has 29 heavy (non-hydrogen) atoms. The van der Waals surface area contributed by atoms with Gasteiger partial charge in [-0.25, -0.2) is 4.98 Å². The number of carbonyl (C=O) groups is 2. The summed E-state index contributed by atoms with van der Waals surface area (Å²) in [6.07, 6.45) is 0.203. The SMILES string of the molecule is Cc1cc(N(C)C)nc(NCCNC(=O)C2CC(=O)N(c3ccc(Cl)cc3)C2)n1. The van der Waals surface area contributed by atoms with Crippen LogP contribution >= 0.6 is 11.6 Å². The molecule has 154 valence electrons. The maximum Gasteiger partial charge on any atom is 0.227 e. The van der Waals surface area contributed by atoms with Gasteiger partial charge in [0.15, 0.2) is 0 Å². The van der Waals surface area contributed by atoms with Gasteiger partial charge in [0.25, 0.3) is 0 Å². The highest BCUT2D eigenvalue weighted by Gasteiger charge is 2.34. The third-order valence-corrected chi connectivity index (χ3v) is 4.89. The van der Waals surface area contributed by atoms with Crippen molar-refractivity contribution < 1.29 is 9.59 Å². The molecule has 1 saturated heterocycles. The van der Waals surface area contributed by atoms with Gasteiger partial charge in [-0.1, -0.05) is 11.6 Å². The van der Waals surface area contributed by atoms with Crippen LogP contribution in [-0.4, -0.2) is 55.5 Å². The molecule has 0 radical (unpaired) electrons. The molecule has 8 nitrogen and oxygen atoms in total. The number of rotatable bonds is 7. The van der Waals surface area contributed by atoms with Crippen LogP contribution in [0.5, 0.6) is 0 Å². The van der Waals surface area contributed by atoms with Crippen molar-refractivity contribution in [2.75, 3.05) is 48.8 Å². The lowest BCUT2D eigenvalue weighted by atomic mass is 10.1. The molecule has 2 aromatic rings. The van der Waals surface area contributed by atoms with Gasteiger partial charge in [-0.15, -0.1) is 0 Å². The lowest BCUT2D eigenvalue weighted by molar-refractivity contribution is -0.126. The monoisotopic (exact) mass is 416 g/mol. The molecule has 9 heteroatoms. The van der Waals surface area contributed by atoms with Crippen LogP contribution in [0.15, 0.2) is 30.3 Å². The van der Waals surface area contributed by atoms with Crippen molar-refractivity contribution in [1.29, 1.82) is 0 Å². The van der Waals surface area contributed by atoms with E-state index >= 15 is 0 Å². The van der Waals surface area contributed by atoms with Crippen molar-refractivity contribution in [3.63, 3.8) is 0 Å². The average Bonchev–Trinajstić information content (AvgIpc) is 3.07. The molecule has 2 heterocycles. The van der Waals surface area contributed by atoms with E-state index in [1.807, 2.05) is 32.0 Å². The van der Waals surface area contributed by atoms with Gasteiger partial charge < -0.3 is 20.4 Å². The molecule has 1 fully saturated rings. The summed E-state index contributed by atoms with van der Waals surface area (Å²) in [6, 6.07) is 8.94. The second-order valence-corrected chi connectivity index (χ2v) is 7.62. The largest absolute Gasteiger partial charge is 0.363 e. The molecule has 1 atom stereocenters. The maximum absolute atomic E-state index is 12.5. The van der Waals surface area contributed by atoms with Crippen molar-refractivity contribution >= 4 is 40.9 Å². The Morgan fingerprint density at radius 3 is 2.66 bits per heavy atom. The number of aryl methyl sites for hydroxylation is 1. The van der Waals surface area contributed by atoms with Gasteiger partial charge in [0.05, 0.1) is 5.92 Å². The smallest absolute Gasteiger partial charge is 0.227 e. The molecular weight excluding hydrogens is 392 g/mol. The number of carbonyl (C=O) groups excluding carboxylic acids is 2. The van der Waals surface area contributed by atoms with Gasteiger partial charge in [0, 0.05) is 62.6 Å². The van der Waals surface area contributed by atoms with Crippen LogP contribution in [0.4, 0.5) is 17.5 Å². The van der Waals surface area contributed by atoms with Crippen LogP contribution in [0.2, 0.25) is 5.02 Å². The number of amides is 2. The standard InChI is InChI=1S/C20H25ClN6O2/c1-13-10-17(26(2)3)25-20(24-13)23-9-8-22-19(29)14-11-18(28)27(12-14)16-6-4-15(21)5-7-16/h4-7,10,14H,8-9,11-12H2,1-3H3,(H,22,29)(H,23,24,25). The van der Waals surface area contributed by atoms with E-state index in [4.69, 9.17) is 11.6 Å². The molecule has 1 aliphatic rings. The van der Waals surface area contributed by atoms with Gasteiger partial charge in [0.1, 0.15) is 5.82 Å². The Kier molecular flexibility index (Phi) is 6.53. The van der Waals surface area contributed by atoms with Gasteiger partial charge in [-0.2, -0.15) is 4.98 Å². The molecular formula is C20H25ClN6O2. The minimum Gasteiger partial charge on any atom is -0.363 e. The van der Waals surface area contributed by atoms with E-state index in [1.54, 1.807) is 29.2 Å². The Morgan fingerprint density at radius 2 is 1.97 bits per heavy atom. The number of hydrogen-bond acceptors (Lipinski definition) is 6. The predicted octanol–water partition coefficient (Wildman–Crippen LogP) is 2.09. The summed E-state index contributed by atoms with van der Waals surface area (Å²) in [5.41, 5.74) is 1.62. The molecule has 1 aromatic heterocycles. The molecule has 0 spiro atoms. The first-order valence-corrected chi connectivity index (χ1v) is 9.82. The first-order valence-electron chi connectivity index (χ1n) is 9.44. The summed E-state index contributed by atoms with van der Waals surface area (Å²) in [6.45, 7) is 3.18. The zero-order valence-corrected chi connectivity index (χ0v) is 17.5. The molecule has 0 bridgehead atoms. The van der Waals surface area contributed by atoms with Crippen LogP contribution in [0, 0.1) is 12.8 Å². The first kappa shape index (κ1) is 20.9. The van der Waals surface area contributed by atoms with E-state index < -0.39 is 0 Å². The number of halogens is 1. The zero-order valence-electron chi connectivity index (χ0n) is 16.8. The molecule has 3 rings (SSSR count). The normalized spacial score (nSPS) is 16.1. The fourth-order valence-electron chi connectivity index (χ4n) is 3.12. The third kappa shape index (κ3) is 5.35. The van der Waals surface area contributed by atoms with E-state index in [0.29, 0.717) is 30.6 Å². The Labute approximate surface area is 175 Å². The Balaban J connectivity index is 1.48. The van der Waals surface area contributed by atoms with E-state index in [-0.39, 0.29) is 24.2 Å². The molecule has 1 unspecified atom stereocenters. The third-order valence-electron chi connectivity index (χ3n) is 4.64. The van der Waals surface area contributed by atoms with Crippen molar-refractivity contribution in [3.8, 4) is 0 Å². The fourth-order valence-corrected chi connectivity index (χ4v) is 3.24. The van der Waals surface area contributed by atoms with E-state index in [2.05, 4.69) is 20.6 Å². The number of aromatic nitrogens is 2.